The third-order valence-electron chi connectivity index (χ3n) is 3.07. The zero-order valence-electron chi connectivity index (χ0n) is 11.3. The Morgan fingerprint density at radius 2 is 1.79 bits per heavy atom. The second-order valence-electron chi connectivity index (χ2n) is 4.37. The molecule has 1 aliphatic rings. The van der Waals surface area contributed by atoms with E-state index in [9.17, 15) is 14.4 Å². The summed E-state index contributed by atoms with van der Waals surface area (Å²) in [5.41, 5.74) is -0.907. The molecule has 0 amide bonds. The van der Waals surface area contributed by atoms with E-state index >= 15 is 0 Å². The first-order valence-electron chi connectivity index (χ1n) is 6.13. The summed E-state index contributed by atoms with van der Waals surface area (Å²) in [5, 5.41) is 0. The average Bonchev–Trinajstić information content (AvgIpc) is 2.55. The van der Waals surface area contributed by atoms with Crippen LogP contribution in [-0.2, 0) is 23.9 Å². The number of ketones is 1. The smallest absolute Gasteiger partial charge is 0.320 e. The maximum Gasteiger partial charge on any atom is 0.320 e. The number of carbonyl (C=O) groups excluding carboxylic acids is 3. The van der Waals surface area contributed by atoms with Gasteiger partial charge in [-0.15, -0.1) is 0 Å². The second-order valence-corrected chi connectivity index (χ2v) is 4.37. The maximum absolute atomic E-state index is 12.2. The Morgan fingerprint density at radius 1 is 1.21 bits per heavy atom. The normalized spacial score (nSPS) is 22.5. The maximum atomic E-state index is 12.2. The number of Topliss-reactive ketones (excluding diaryl/α,β-unsaturated/α-hetero) is 1. The van der Waals surface area contributed by atoms with Crippen molar-refractivity contribution in [3.05, 3.63) is 24.3 Å². The molecule has 0 aromatic carbocycles. The van der Waals surface area contributed by atoms with E-state index in [1.807, 2.05) is 0 Å². The SMILES string of the molecule is C=C1CC(CC(=O)OCC)(C(=O)OCC)C(=O)C1=C. The topological polar surface area (TPSA) is 69.7 Å². The van der Waals surface area contributed by atoms with Gasteiger partial charge in [-0.05, 0) is 25.8 Å². The van der Waals surface area contributed by atoms with Gasteiger partial charge >= 0.3 is 11.9 Å². The van der Waals surface area contributed by atoms with Crippen LogP contribution in [0.1, 0.15) is 26.7 Å². The summed E-state index contributed by atoms with van der Waals surface area (Å²) < 4.78 is 9.74. The summed E-state index contributed by atoms with van der Waals surface area (Å²) in [4.78, 5) is 35.9. The Morgan fingerprint density at radius 3 is 2.21 bits per heavy atom. The van der Waals surface area contributed by atoms with Gasteiger partial charge in [-0.2, -0.15) is 0 Å². The van der Waals surface area contributed by atoms with Crippen molar-refractivity contribution in [1.29, 1.82) is 0 Å². The average molecular weight is 266 g/mol. The van der Waals surface area contributed by atoms with E-state index in [0.717, 1.165) is 0 Å². The highest BCUT2D eigenvalue weighted by Crippen LogP contribution is 2.44. The Bertz CT molecular complexity index is 449. The van der Waals surface area contributed by atoms with E-state index < -0.39 is 23.1 Å². The van der Waals surface area contributed by atoms with Crippen LogP contribution in [0.3, 0.4) is 0 Å². The Kier molecular flexibility index (Phi) is 4.64. The van der Waals surface area contributed by atoms with Gasteiger partial charge in [0.2, 0.25) is 0 Å². The van der Waals surface area contributed by atoms with Gasteiger partial charge in [0.15, 0.2) is 5.78 Å². The molecule has 0 radical (unpaired) electrons. The Hall–Kier alpha value is -1.91. The molecule has 0 heterocycles. The highest BCUT2D eigenvalue weighted by Gasteiger charge is 2.54. The lowest BCUT2D eigenvalue weighted by Crippen LogP contribution is -2.39. The fourth-order valence-electron chi connectivity index (χ4n) is 2.11. The van der Waals surface area contributed by atoms with Crippen molar-refractivity contribution in [2.75, 3.05) is 13.2 Å². The lowest BCUT2D eigenvalue weighted by Gasteiger charge is -2.23. The van der Waals surface area contributed by atoms with Gasteiger partial charge in [0.1, 0.15) is 5.41 Å². The van der Waals surface area contributed by atoms with Crippen molar-refractivity contribution in [3.63, 3.8) is 0 Å². The van der Waals surface area contributed by atoms with Crippen molar-refractivity contribution >= 4 is 17.7 Å². The molecular weight excluding hydrogens is 248 g/mol. The van der Waals surface area contributed by atoms with Gasteiger partial charge in [0, 0.05) is 5.57 Å². The fraction of sp³-hybridized carbons (Fsp3) is 0.500. The molecule has 0 bridgehead atoms. The molecule has 1 unspecified atom stereocenters. The van der Waals surface area contributed by atoms with Gasteiger partial charge in [-0.1, -0.05) is 13.2 Å². The fourth-order valence-corrected chi connectivity index (χ4v) is 2.11. The van der Waals surface area contributed by atoms with Crippen molar-refractivity contribution in [1.82, 2.24) is 0 Å². The molecule has 0 N–H and O–H groups in total. The van der Waals surface area contributed by atoms with Crippen LogP contribution in [0.25, 0.3) is 0 Å². The second kappa shape index (κ2) is 5.82. The predicted molar refractivity (Wildman–Crippen MR) is 68.2 cm³/mol. The highest BCUT2D eigenvalue weighted by atomic mass is 16.5. The number of carbonyl (C=O) groups is 3. The molecule has 19 heavy (non-hydrogen) atoms. The third kappa shape index (κ3) is 2.75. The summed E-state index contributed by atoms with van der Waals surface area (Å²) >= 11 is 0. The number of allylic oxidation sites excluding steroid dienone is 2. The first-order chi connectivity index (χ1) is 8.89. The molecular formula is C14H18O5. The van der Waals surface area contributed by atoms with Gasteiger partial charge in [-0.3, -0.25) is 14.4 Å². The molecule has 1 fully saturated rings. The number of hydrogen-bond acceptors (Lipinski definition) is 5. The van der Waals surface area contributed by atoms with Crippen LogP contribution in [0.4, 0.5) is 0 Å². The van der Waals surface area contributed by atoms with Crippen LogP contribution in [0, 0.1) is 5.41 Å². The van der Waals surface area contributed by atoms with Crippen LogP contribution in [0.5, 0.6) is 0 Å². The Balaban J connectivity index is 3.08. The first kappa shape index (κ1) is 15.1. The Labute approximate surface area is 112 Å². The lowest BCUT2D eigenvalue weighted by molar-refractivity contribution is -0.164. The van der Waals surface area contributed by atoms with Gasteiger partial charge in [0.25, 0.3) is 0 Å². The van der Waals surface area contributed by atoms with E-state index in [1.54, 1.807) is 13.8 Å². The lowest BCUT2D eigenvalue weighted by atomic mass is 9.81. The summed E-state index contributed by atoms with van der Waals surface area (Å²) in [6.07, 6.45) is -0.279. The standard InChI is InChI=1S/C14H18O5/c1-5-18-11(15)8-14(13(17)19-6-2)7-9(3)10(4)12(14)16/h3-8H2,1-2H3. The van der Waals surface area contributed by atoms with Crippen LogP contribution >= 0.6 is 0 Å². The zero-order chi connectivity index (χ0) is 14.6. The van der Waals surface area contributed by atoms with Crippen LogP contribution in [-0.4, -0.2) is 30.9 Å². The van der Waals surface area contributed by atoms with E-state index in [1.165, 1.54) is 0 Å². The van der Waals surface area contributed by atoms with E-state index in [-0.39, 0.29) is 31.6 Å². The molecule has 5 heteroatoms. The number of ether oxygens (including phenoxy) is 2. The van der Waals surface area contributed by atoms with Crippen LogP contribution in [0.2, 0.25) is 0 Å². The predicted octanol–water partition coefficient (Wildman–Crippen LogP) is 1.57. The minimum atomic E-state index is -1.55. The van der Waals surface area contributed by atoms with E-state index in [0.29, 0.717) is 5.57 Å². The minimum absolute atomic E-state index is 0.0579. The molecule has 0 saturated heterocycles. The van der Waals surface area contributed by atoms with E-state index in [4.69, 9.17) is 9.47 Å². The number of esters is 2. The molecule has 104 valence electrons. The molecule has 1 rings (SSSR count). The number of hydrogen-bond donors (Lipinski definition) is 0. The largest absolute Gasteiger partial charge is 0.466 e. The highest BCUT2D eigenvalue weighted by molar-refractivity contribution is 6.18. The van der Waals surface area contributed by atoms with E-state index in [2.05, 4.69) is 13.2 Å². The number of rotatable bonds is 5. The molecule has 0 aromatic heterocycles. The van der Waals surface area contributed by atoms with Crippen molar-refractivity contribution in [3.8, 4) is 0 Å². The summed E-state index contributed by atoms with van der Waals surface area (Å²) in [7, 11) is 0. The molecule has 0 aromatic rings. The van der Waals surface area contributed by atoms with Crippen LogP contribution in [0.15, 0.2) is 24.3 Å². The van der Waals surface area contributed by atoms with Crippen molar-refractivity contribution in [2.24, 2.45) is 5.41 Å². The molecule has 0 aliphatic heterocycles. The molecule has 1 atom stereocenters. The molecule has 1 saturated carbocycles. The first-order valence-corrected chi connectivity index (χ1v) is 6.13. The quantitative estimate of drug-likeness (QED) is 0.429. The van der Waals surface area contributed by atoms with Gasteiger partial charge in [0.05, 0.1) is 19.6 Å². The summed E-state index contributed by atoms with van der Waals surface area (Å²) in [6.45, 7) is 10.9. The minimum Gasteiger partial charge on any atom is -0.466 e. The third-order valence-corrected chi connectivity index (χ3v) is 3.07. The van der Waals surface area contributed by atoms with Crippen molar-refractivity contribution in [2.45, 2.75) is 26.7 Å². The monoisotopic (exact) mass is 266 g/mol. The summed E-state index contributed by atoms with van der Waals surface area (Å²) in [5.74, 6) is -1.82. The van der Waals surface area contributed by atoms with Gasteiger partial charge in [-0.25, -0.2) is 0 Å². The zero-order valence-corrected chi connectivity index (χ0v) is 11.3. The summed E-state index contributed by atoms with van der Waals surface area (Å²) in [6, 6.07) is 0. The van der Waals surface area contributed by atoms with Crippen LogP contribution < -0.4 is 0 Å². The molecule has 5 nitrogen and oxygen atoms in total. The van der Waals surface area contributed by atoms with Crippen molar-refractivity contribution < 1.29 is 23.9 Å². The molecule has 1 aliphatic carbocycles. The molecule has 0 spiro atoms. The van der Waals surface area contributed by atoms with Gasteiger partial charge < -0.3 is 9.47 Å².